The molecule has 0 saturated carbocycles. The number of aromatic nitrogens is 1. The third-order valence-electron chi connectivity index (χ3n) is 4.87. The Kier molecular flexibility index (Phi) is 5.88. The molecule has 0 saturated heterocycles. The van der Waals surface area contributed by atoms with Gasteiger partial charge in [-0.2, -0.15) is 0 Å². The molecule has 0 amide bonds. The van der Waals surface area contributed by atoms with E-state index in [1.54, 1.807) is 7.11 Å². The molecule has 4 rings (SSSR count). The average molecular weight is 410 g/mol. The standard InChI is InChI=1S/C23H24ClN3O2/c1-15-4-6-18(29-15)14-25-10-3-11-26-23-19-8-5-16(24)12-22(19)27-21-9-7-17(28-2)13-20(21)23/h4-9,12-13,25H,3,10-11,14H2,1-2H3,(H,26,27). The molecule has 2 aromatic carbocycles. The van der Waals surface area contributed by atoms with Crippen LogP contribution >= 0.6 is 11.6 Å². The number of fused-ring (bicyclic) bond motifs is 2. The van der Waals surface area contributed by atoms with Gasteiger partial charge in [0.05, 0.1) is 30.4 Å². The second-order valence-electron chi connectivity index (χ2n) is 7.00. The van der Waals surface area contributed by atoms with E-state index in [1.165, 1.54) is 0 Å². The summed E-state index contributed by atoms with van der Waals surface area (Å²) in [6.45, 7) is 4.42. The molecule has 0 aliphatic carbocycles. The van der Waals surface area contributed by atoms with Crippen LogP contribution in [0.4, 0.5) is 5.69 Å². The van der Waals surface area contributed by atoms with Crippen molar-refractivity contribution in [2.45, 2.75) is 19.9 Å². The first-order valence-electron chi connectivity index (χ1n) is 9.71. The first-order valence-corrected chi connectivity index (χ1v) is 10.1. The molecule has 0 unspecified atom stereocenters. The SMILES string of the molecule is COc1ccc2nc3cc(Cl)ccc3c(NCCCNCc3ccc(C)o3)c2c1. The first kappa shape index (κ1) is 19.6. The van der Waals surface area contributed by atoms with E-state index in [1.807, 2.05) is 55.5 Å². The van der Waals surface area contributed by atoms with Crippen molar-refractivity contribution in [3.05, 3.63) is 65.1 Å². The van der Waals surface area contributed by atoms with Gasteiger partial charge in [-0.05, 0) is 68.4 Å². The molecule has 0 radical (unpaired) electrons. The van der Waals surface area contributed by atoms with E-state index in [0.29, 0.717) is 5.02 Å². The highest BCUT2D eigenvalue weighted by atomic mass is 35.5. The molecule has 2 aromatic heterocycles. The second-order valence-corrected chi connectivity index (χ2v) is 7.44. The quantitative estimate of drug-likeness (QED) is 0.295. The molecule has 2 heterocycles. The maximum atomic E-state index is 6.19. The van der Waals surface area contributed by atoms with Crippen LogP contribution in [0.5, 0.6) is 5.75 Å². The van der Waals surface area contributed by atoms with E-state index in [9.17, 15) is 0 Å². The van der Waals surface area contributed by atoms with Gasteiger partial charge in [0.25, 0.3) is 0 Å². The van der Waals surface area contributed by atoms with Crippen molar-refractivity contribution in [3.8, 4) is 5.75 Å². The summed E-state index contributed by atoms with van der Waals surface area (Å²) in [5, 5.41) is 9.79. The summed E-state index contributed by atoms with van der Waals surface area (Å²) < 4.78 is 11.0. The molecular formula is C23H24ClN3O2. The first-order chi connectivity index (χ1) is 14.1. The fourth-order valence-corrected chi connectivity index (χ4v) is 3.60. The zero-order valence-electron chi connectivity index (χ0n) is 16.6. The summed E-state index contributed by atoms with van der Waals surface area (Å²) in [6.07, 6.45) is 0.975. The van der Waals surface area contributed by atoms with Crippen molar-refractivity contribution in [1.29, 1.82) is 0 Å². The Bertz CT molecular complexity index is 1140. The predicted octanol–water partition coefficient (Wildman–Crippen LogP) is 5.54. The topological polar surface area (TPSA) is 59.3 Å². The highest BCUT2D eigenvalue weighted by Crippen LogP contribution is 2.34. The Morgan fingerprint density at radius 2 is 1.90 bits per heavy atom. The van der Waals surface area contributed by atoms with Gasteiger partial charge in [0.2, 0.25) is 0 Å². The number of furan rings is 1. The molecule has 6 heteroatoms. The molecule has 0 bridgehead atoms. The molecule has 5 nitrogen and oxygen atoms in total. The largest absolute Gasteiger partial charge is 0.497 e. The predicted molar refractivity (Wildman–Crippen MR) is 119 cm³/mol. The van der Waals surface area contributed by atoms with E-state index in [4.69, 9.17) is 25.7 Å². The fraction of sp³-hybridized carbons (Fsp3) is 0.261. The zero-order valence-corrected chi connectivity index (χ0v) is 17.3. The Morgan fingerprint density at radius 3 is 2.69 bits per heavy atom. The summed E-state index contributed by atoms with van der Waals surface area (Å²) in [5.41, 5.74) is 2.85. The molecule has 150 valence electrons. The van der Waals surface area contributed by atoms with E-state index in [2.05, 4.69) is 10.6 Å². The number of benzene rings is 2. The number of pyridine rings is 1. The van der Waals surface area contributed by atoms with Crippen LogP contribution in [-0.2, 0) is 6.54 Å². The zero-order chi connectivity index (χ0) is 20.2. The molecule has 29 heavy (non-hydrogen) atoms. The van der Waals surface area contributed by atoms with Crippen LogP contribution in [0.15, 0.2) is 52.9 Å². The average Bonchev–Trinajstić information content (AvgIpc) is 3.14. The van der Waals surface area contributed by atoms with Gasteiger partial charge in [-0.3, -0.25) is 0 Å². The van der Waals surface area contributed by atoms with Gasteiger partial charge < -0.3 is 19.8 Å². The van der Waals surface area contributed by atoms with Crippen LogP contribution in [0.3, 0.4) is 0 Å². The van der Waals surface area contributed by atoms with E-state index < -0.39 is 0 Å². The highest BCUT2D eigenvalue weighted by molar-refractivity contribution is 6.31. The number of hydrogen-bond acceptors (Lipinski definition) is 5. The lowest BCUT2D eigenvalue weighted by Crippen LogP contribution is -2.17. The lowest BCUT2D eigenvalue weighted by atomic mass is 10.1. The summed E-state index contributed by atoms with van der Waals surface area (Å²) in [4.78, 5) is 4.77. The molecule has 0 spiro atoms. The number of halogens is 1. The van der Waals surface area contributed by atoms with Crippen LogP contribution in [0, 0.1) is 6.92 Å². The Balaban J connectivity index is 1.49. The van der Waals surface area contributed by atoms with Crippen molar-refractivity contribution >= 4 is 39.1 Å². The number of nitrogens with one attached hydrogen (secondary N) is 2. The monoisotopic (exact) mass is 409 g/mol. The van der Waals surface area contributed by atoms with E-state index >= 15 is 0 Å². The number of nitrogens with zero attached hydrogens (tertiary/aromatic N) is 1. The molecule has 0 atom stereocenters. The number of anilines is 1. The second kappa shape index (κ2) is 8.72. The van der Waals surface area contributed by atoms with Crippen molar-refractivity contribution in [2.24, 2.45) is 0 Å². The van der Waals surface area contributed by atoms with Crippen molar-refractivity contribution < 1.29 is 9.15 Å². The van der Waals surface area contributed by atoms with Crippen LogP contribution in [0.25, 0.3) is 21.8 Å². The van der Waals surface area contributed by atoms with Gasteiger partial charge in [0, 0.05) is 22.3 Å². The summed E-state index contributed by atoms with van der Waals surface area (Å²) in [7, 11) is 1.68. The van der Waals surface area contributed by atoms with Gasteiger partial charge in [-0.25, -0.2) is 4.98 Å². The summed E-state index contributed by atoms with van der Waals surface area (Å²) in [5.74, 6) is 2.71. The summed E-state index contributed by atoms with van der Waals surface area (Å²) >= 11 is 6.19. The molecule has 0 aliphatic rings. The van der Waals surface area contributed by atoms with Gasteiger partial charge in [0.15, 0.2) is 0 Å². The molecule has 0 aliphatic heterocycles. The van der Waals surface area contributed by atoms with Crippen molar-refractivity contribution in [1.82, 2.24) is 10.3 Å². The third kappa shape index (κ3) is 4.47. The maximum Gasteiger partial charge on any atom is 0.119 e. The molecular weight excluding hydrogens is 386 g/mol. The Labute approximate surface area is 175 Å². The number of methoxy groups -OCH3 is 1. The smallest absolute Gasteiger partial charge is 0.119 e. The number of ether oxygens (including phenoxy) is 1. The maximum absolute atomic E-state index is 6.19. The molecule has 4 aromatic rings. The van der Waals surface area contributed by atoms with Crippen LogP contribution in [0.1, 0.15) is 17.9 Å². The fourth-order valence-electron chi connectivity index (χ4n) is 3.43. The van der Waals surface area contributed by atoms with Crippen LogP contribution < -0.4 is 15.4 Å². The minimum absolute atomic E-state index is 0.682. The Morgan fingerprint density at radius 1 is 1.00 bits per heavy atom. The normalized spacial score (nSPS) is 11.3. The highest BCUT2D eigenvalue weighted by Gasteiger charge is 2.10. The minimum Gasteiger partial charge on any atom is -0.497 e. The summed E-state index contributed by atoms with van der Waals surface area (Å²) in [6, 6.07) is 15.7. The van der Waals surface area contributed by atoms with Gasteiger partial charge in [0.1, 0.15) is 17.3 Å². The number of rotatable bonds is 8. The van der Waals surface area contributed by atoms with E-state index in [0.717, 1.165) is 70.8 Å². The minimum atomic E-state index is 0.682. The van der Waals surface area contributed by atoms with Crippen molar-refractivity contribution in [3.63, 3.8) is 0 Å². The van der Waals surface area contributed by atoms with Gasteiger partial charge in [-0.1, -0.05) is 11.6 Å². The van der Waals surface area contributed by atoms with Crippen LogP contribution in [-0.4, -0.2) is 25.2 Å². The van der Waals surface area contributed by atoms with Gasteiger partial charge >= 0.3 is 0 Å². The molecule has 2 N–H and O–H groups in total. The van der Waals surface area contributed by atoms with Crippen LogP contribution in [0.2, 0.25) is 5.02 Å². The number of hydrogen-bond donors (Lipinski definition) is 2. The van der Waals surface area contributed by atoms with Gasteiger partial charge in [-0.15, -0.1) is 0 Å². The number of aryl methyl sites for hydroxylation is 1. The lowest BCUT2D eigenvalue weighted by Gasteiger charge is -2.14. The molecule has 0 fully saturated rings. The lowest BCUT2D eigenvalue weighted by molar-refractivity contribution is 0.415. The van der Waals surface area contributed by atoms with E-state index in [-0.39, 0.29) is 0 Å². The third-order valence-corrected chi connectivity index (χ3v) is 5.11. The van der Waals surface area contributed by atoms with Crippen molar-refractivity contribution in [2.75, 3.05) is 25.5 Å². The Hall–Kier alpha value is -2.76.